The van der Waals surface area contributed by atoms with Gasteiger partial charge in [0.1, 0.15) is 5.25 Å². The number of hydrogen-bond donors (Lipinski definition) is 1. The van der Waals surface area contributed by atoms with Crippen LogP contribution >= 0.6 is 0 Å². The van der Waals surface area contributed by atoms with E-state index in [9.17, 15) is 14.1 Å². The molecular formula is C17H25NO3S. The topological polar surface area (TPSA) is 57.6 Å². The van der Waals surface area contributed by atoms with Gasteiger partial charge in [-0.15, -0.1) is 0 Å². The second-order valence-corrected chi connectivity index (χ2v) is 7.58. The van der Waals surface area contributed by atoms with Crippen LogP contribution in [-0.2, 0) is 22.0 Å². The molecule has 2 unspecified atom stereocenters. The number of carboxylic acids is 1. The number of piperidine rings is 1. The van der Waals surface area contributed by atoms with Crippen molar-refractivity contribution < 1.29 is 14.1 Å². The Morgan fingerprint density at radius 1 is 1.18 bits per heavy atom. The molecule has 2 atom stereocenters. The molecule has 1 saturated heterocycles. The Morgan fingerprint density at radius 3 is 2.50 bits per heavy atom. The molecule has 0 saturated carbocycles. The zero-order valence-corrected chi connectivity index (χ0v) is 13.8. The van der Waals surface area contributed by atoms with Gasteiger partial charge in [-0.25, -0.2) is 0 Å². The van der Waals surface area contributed by atoms with Crippen LogP contribution in [0, 0.1) is 0 Å². The van der Waals surface area contributed by atoms with Crippen molar-refractivity contribution in [3.63, 3.8) is 0 Å². The van der Waals surface area contributed by atoms with E-state index in [0.29, 0.717) is 18.6 Å². The number of carbonyl (C=O) groups is 1. The number of hydrogen-bond acceptors (Lipinski definition) is 3. The van der Waals surface area contributed by atoms with Gasteiger partial charge in [0, 0.05) is 23.1 Å². The van der Waals surface area contributed by atoms with Crippen LogP contribution in [0.2, 0.25) is 0 Å². The number of likely N-dealkylation sites (tertiary alicyclic amines) is 1. The Balaban J connectivity index is 1.81. The fourth-order valence-electron chi connectivity index (χ4n) is 2.85. The van der Waals surface area contributed by atoms with E-state index in [1.54, 1.807) is 0 Å². The Labute approximate surface area is 135 Å². The minimum absolute atomic E-state index is 0.436. The molecule has 0 aromatic heterocycles. The first kappa shape index (κ1) is 17.2. The third-order valence-corrected chi connectivity index (χ3v) is 5.85. The number of aliphatic carboxylic acids is 1. The van der Waals surface area contributed by atoms with E-state index in [0.717, 1.165) is 25.2 Å². The summed E-state index contributed by atoms with van der Waals surface area (Å²) in [7, 11) is -1.30. The molecule has 22 heavy (non-hydrogen) atoms. The van der Waals surface area contributed by atoms with Crippen LogP contribution in [0.5, 0.6) is 0 Å². The van der Waals surface area contributed by atoms with E-state index in [1.807, 2.05) is 30.3 Å². The second-order valence-electron chi connectivity index (χ2n) is 5.84. The maximum Gasteiger partial charge on any atom is 0.319 e. The quantitative estimate of drug-likeness (QED) is 0.797. The lowest BCUT2D eigenvalue weighted by Gasteiger charge is -2.26. The highest BCUT2D eigenvalue weighted by atomic mass is 32.2. The Hall–Kier alpha value is -1.20. The molecule has 1 aromatic carbocycles. The number of nitrogens with zero attached hydrogens (tertiary/aromatic N) is 1. The highest BCUT2D eigenvalue weighted by molar-refractivity contribution is 7.86. The van der Waals surface area contributed by atoms with Gasteiger partial charge in [0.25, 0.3) is 0 Å². The molecule has 1 aliphatic heterocycles. The molecule has 1 fully saturated rings. The molecule has 1 aromatic rings. The average Bonchev–Trinajstić information content (AvgIpc) is 2.55. The summed E-state index contributed by atoms with van der Waals surface area (Å²) in [5.74, 6) is -0.473. The monoisotopic (exact) mass is 323 g/mol. The average molecular weight is 323 g/mol. The summed E-state index contributed by atoms with van der Waals surface area (Å²) in [6.07, 6.45) is 4.76. The zero-order valence-electron chi connectivity index (χ0n) is 12.9. The van der Waals surface area contributed by atoms with Gasteiger partial charge in [-0.1, -0.05) is 36.8 Å². The molecule has 0 amide bonds. The van der Waals surface area contributed by atoms with Crippen LogP contribution in [0.15, 0.2) is 30.3 Å². The minimum Gasteiger partial charge on any atom is -0.480 e. The van der Waals surface area contributed by atoms with E-state index < -0.39 is 22.0 Å². The smallest absolute Gasteiger partial charge is 0.319 e. The summed E-state index contributed by atoms with van der Waals surface area (Å²) < 4.78 is 12.4. The SMILES string of the molecule is O=C(O)C(CCc1ccccc1)S(=O)CCN1CCCCC1. The van der Waals surface area contributed by atoms with Crippen molar-refractivity contribution in [3.8, 4) is 0 Å². The lowest BCUT2D eigenvalue weighted by atomic mass is 10.1. The van der Waals surface area contributed by atoms with E-state index in [1.165, 1.54) is 19.3 Å². The summed E-state index contributed by atoms with van der Waals surface area (Å²) in [5.41, 5.74) is 1.10. The molecular weight excluding hydrogens is 298 g/mol. The van der Waals surface area contributed by atoms with Gasteiger partial charge in [-0.2, -0.15) is 0 Å². The van der Waals surface area contributed by atoms with Crippen LogP contribution in [0.25, 0.3) is 0 Å². The highest BCUT2D eigenvalue weighted by Crippen LogP contribution is 2.12. The normalized spacial score (nSPS) is 18.7. The highest BCUT2D eigenvalue weighted by Gasteiger charge is 2.25. The van der Waals surface area contributed by atoms with Crippen molar-refractivity contribution in [2.24, 2.45) is 0 Å². The van der Waals surface area contributed by atoms with E-state index in [4.69, 9.17) is 0 Å². The predicted octanol–water partition coefficient (Wildman–Crippen LogP) is 2.31. The summed E-state index contributed by atoms with van der Waals surface area (Å²) in [6, 6.07) is 9.79. The fourth-order valence-corrected chi connectivity index (χ4v) is 4.18. The number of benzene rings is 1. The lowest BCUT2D eigenvalue weighted by molar-refractivity contribution is -0.136. The molecule has 2 rings (SSSR count). The summed E-state index contributed by atoms with van der Waals surface area (Å²) in [5, 5.41) is 8.59. The third kappa shape index (κ3) is 5.54. The van der Waals surface area contributed by atoms with Crippen LogP contribution in [-0.4, -0.2) is 50.8 Å². The predicted molar refractivity (Wildman–Crippen MR) is 89.5 cm³/mol. The standard InChI is InChI=1S/C17H25NO3S/c19-17(20)16(10-9-15-7-3-1-4-8-15)22(21)14-13-18-11-5-2-6-12-18/h1,3-4,7-8,16H,2,5-6,9-14H2,(H,19,20). The molecule has 122 valence electrons. The molecule has 0 radical (unpaired) electrons. The van der Waals surface area contributed by atoms with Crippen molar-refractivity contribution in [2.75, 3.05) is 25.4 Å². The first-order valence-corrected chi connectivity index (χ1v) is 9.41. The summed E-state index contributed by atoms with van der Waals surface area (Å²) >= 11 is 0. The Kier molecular flexibility index (Phi) is 7.06. The summed E-state index contributed by atoms with van der Waals surface area (Å²) in [6.45, 7) is 2.86. The molecule has 1 N–H and O–H groups in total. The number of rotatable bonds is 8. The fraction of sp³-hybridized carbons (Fsp3) is 0.588. The van der Waals surface area contributed by atoms with E-state index >= 15 is 0 Å². The van der Waals surface area contributed by atoms with Crippen molar-refractivity contribution >= 4 is 16.8 Å². The van der Waals surface area contributed by atoms with Gasteiger partial charge in [0.15, 0.2) is 0 Å². The zero-order chi connectivity index (χ0) is 15.8. The molecule has 4 nitrogen and oxygen atoms in total. The molecule has 0 bridgehead atoms. The first-order chi connectivity index (χ1) is 10.7. The van der Waals surface area contributed by atoms with Crippen LogP contribution in [0.4, 0.5) is 0 Å². The molecule has 5 heteroatoms. The van der Waals surface area contributed by atoms with E-state index in [-0.39, 0.29) is 0 Å². The molecule has 0 spiro atoms. The minimum atomic E-state index is -1.30. The Bertz CT molecular complexity index is 486. The van der Waals surface area contributed by atoms with Gasteiger partial charge in [0.05, 0.1) is 0 Å². The van der Waals surface area contributed by atoms with Crippen molar-refractivity contribution in [3.05, 3.63) is 35.9 Å². The lowest BCUT2D eigenvalue weighted by Crippen LogP contribution is -2.36. The van der Waals surface area contributed by atoms with E-state index in [2.05, 4.69) is 4.90 Å². The number of carboxylic acid groups (broad SMARTS) is 1. The van der Waals surface area contributed by atoms with Crippen molar-refractivity contribution in [1.29, 1.82) is 0 Å². The Morgan fingerprint density at radius 2 is 1.86 bits per heavy atom. The molecule has 1 heterocycles. The van der Waals surface area contributed by atoms with Gasteiger partial charge in [0.2, 0.25) is 0 Å². The van der Waals surface area contributed by atoms with Crippen molar-refractivity contribution in [1.82, 2.24) is 4.90 Å². The van der Waals surface area contributed by atoms with Gasteiger partial charge in [-0.3, -0.25) is 9.00 Å². The first-order valence-electron chi connectivity index (χ1n) is 8.03. The molecule has 1 aliphatic rings. The third-order valence-electron chi connectivity index (χ3n) is 4.19. The summed E-state index contributed by atoms with van der Waals surface area (Å²) in [4.78, 5) is 13.7. The maximum atomic E-state index is 12.4. The van der Waals surface area contributed by atoms with Crippen LogP contribution in [0.1, 0.15) is 31.2 Å². The number of aryl methyl sites for hydroxylation is 1. The van der Waals surface area contributed by atoms with Gasteiger partial charge >= 0.3 is 5.97 Å². The largest absolute Gasteiger partial charge is 0.480 e. The molecule has 0 aliphatic carbocycles. The van der Waals surface area contributed by atoms with Crippen molar-refractivity contribution in [2.45, 2.75) is 37.4 Å². The van der Waals surface area contributed by atoms with Crippen LogP contribution in [0.3, 0.4) is 0 Å². The van der Waals surface area contributed by atoms with Gasteiger partial charge in [-0.05, 0) is 44.3 Å². The van der Waals surface area contributed by atoms with Gasteiger partial charge < -0.3 is 10.0 Å². The maximum absolute atomic E-state index is 12.4. The second kappa shape index (κ2) is 9.06. The van der Waals surface area contributed by atoms with Crippen LogP contribution < -0.4 is 0 Å².